The molecule has 0 amide bonds. The molecule has 6 nitrogen and oxygen atoms in total. The second kappa shape index (κ2) is 6.91. The van der Waals surface area contributed by atoms with Gasteiger partial charge in [0.25, 0.3) is 10.0 Å². The lowest BCUT2D eigenvalue weighted by atomic mass is 10.0. The van der Waals surface area contributed by atoms with Crippen LogP contribution in [0.25, 0.3) is 11.1 Å². The number of hydrogen-bond acceptors (Lipinski definition) is 4. The molecule has 0 heterocycles. The van der Waals surface area contributed by atoms with Crippen LogP contribution in [0.1, 0.15) is 0 Å². The molecule has 0 saturated carbocycles. The molecule has 3 aromatic carbocycles. The fourth-order valence-corrected chi connectivity index (χ4v) is 4.22. The summed E-state index contributed by atoms with van der Waals surface area (Å²) in [5, 5.41) is 5.08. The van der Waals surface area contributed by atoms with Crippen molar-refractivity contribution in [3.05, 3.63) is 78.9 Å². The first-order chi connectivity index (χ1) is 12.3. The molecule has 0 aliphatic carbocycles. The van der Waals surface area contributed by atoms with Crippen LogP contribution in [0.3, 0.4) is 0 Å². The quantitative estimate of drug-likeness (QED) is 0.701. The number of nitrogens with two attached hydrogens (primary N) is 1. The monoisotopic (exact) mass is 388 g/mol. The fraction of sp³-hybridized carbons (Fsp3) is 0. The van der Waals surface area contributed by atoms with Gasteiger partial charge in [-0.15, -0.1) is 0 Å². The van der Waals surface area contributed by atoms with Crippen LogP contribution in [0.4, 0.5) is 5.69 Å². The average molecular weight is 388 g/mol. The van der Waals surface area contributed by atoms with Crippen molar-refractivity contribution in [2.24, 2.45) is 5.14 Å². The zero-order valence-corrected chi connectivity index (χ0v) is 15.2. The third-order valence-electron chi connectivity index (χ3n) is 3.70. The molecule has 8 heteroatoms. The van der Waals surface area contributed by atoms with Crippen molar-refractivity contribution in [2.75, 3.05) is 4.72 Å². The molecule has 3 rings (SSSR count). The molecule has 0 spiro atoms. The zero-order chi connectivity index (χ0) is 18.8. The molecule has 26 heavy (non-hydrogen) atoms. The van der Waals surface area contributed by atoms with Crippen LogP contribution >= 0.6 is 0 Å². The Morgan fingerprint density at radius 3 is 2.00 bits per heavy atom. The summed E-state index contributed by atoms with van der Waals surface area (Å²) in [5.41, 5.74) is 1.95. The molecule has 0 aromatic heterocycles. The number of nitrogens with one attached hydrogen (secondary N) is 1. The number of hydrogen-bond donors (Lipinski definition) is 2. The Balaban J connectivity index is 2.02. The molecule has 0 saturated heterocycles. The van der Waals surface area contributed by atoms with E-state index in [4.69, 9.17) is 5.14 Å². The zero-order valence-electron chi connectivity index (χ0n) is 13.5. The van der Waals surface area contributed by atoms with E-state index >= 15 is 0 Å². The van der Waals surface area contributed by atoms with Gasteiger partial charge in [-0.25, -0.2) is 22.0 Å². The van der Waals surface area contributed by atoms with Crippen molar-refractivity contribution in [3.8, 4) is 11.1 Å². The summed E-state index contributed by atoms with van der Waals surface area (Å²) in [7, 11) is -8.00. The molecule has 0 unspecified atom stereocenters. The normalized spacial score (nSPS) is 11.9. The molecular weight excluding hydrogens is 372 g/mol. The summed E-state index contributed by atoms with van der Waals surface area (Å²) >= 11 is 0. The highest BCUT2D eigenvalue weighted by Gasteiger charge is 2.19. The lowest BCUT2D eigenvalue weighted by Crippen LogP contribution is -2.16. The molecule has 0 bridgehead atoms. The van der Waals surface area contributed by atoms with E-state index in [-0.39, 0.29) is 9.79 Å². The SMILES string of the molecule is NS(=O)(=O)c1cccc(S(=O)(=O)Nc2ccccc2-c2ccccc2)c1. The Bertz CT molecular complexity index is 1140. The van der Waals surface area contributed by atoms with Gasteiger partial charge in [0.05, 0.1) is 15.5 Å². The van der Waals surface area contributed by atoms with Gasteiger partial charge in [-0.2, -0.15) is 0 Å². The van der Waals surface area contributed by atoms with E-state index in [1.807, 2.05) is 36.4 Å². The first-order valence-electron chi connectivity index (χ1n) is 7.57. The maximum absolute atomic E-state index is 12.7. The summed E-state index contributed by atoms with van der Waals surface area (Å²) in [4.78, 5) is -0.455. The summed E-state index contributed by atoms with van der Waals surface area (Å²) < 4.78 is 50.9. The highest BCUT2D eigenvalue weighted by atomic mass is 32.2. The smallest absolute Gasteiger partial charge is 0.261 e. The van der Waals surface area contributed by atoms with Gasteiger partial charge in [-0.05, 0) is 29.8 Å². The number of rotatable bonds is 5. The molecule has 0 aliphatic heterocycles. The van der Waals surface area contributed by atoms with E-state index in [0.29, 0.717) is 11.3 Å². The Labute approximate surface area is 152 Å². The topological polar surface area (TPSA) is 106 Å². The van der Waals surface area contributed by atoms with Crippen molar-refractivity contribution in [1.29, 1.82) is 0 Å². The van der Waals surface area contributed by atoms with E-state index in [1.165, 1.54) is 18.2 Å². The van der Waals surface area contributed by atoms with Gasteiger partial charge in [-0.3, -0.25) is 4.72 Å². The second-order valence-electron chi connectivity index (χ2n) is 5.54. The number of sulfonamides is 2. The van der Waals surface area contributed by atoms with E-state index in [9.17, 15) is 16.8 Å². The maximum Gasteiger partial charge on any atom is 0.261 e. The molecule has 134 valence electrons. The predicted molar refractivity (Wildman–Crippen MR) is 101 cm³/mol. The van der Waals surface area contributed by atoms with E-state index in [1.54, 1.807) is 18.2 Å². The van der Waals surface area contributed by atoms with Gasteiger partial charge in [0, 0.05) is 5.56 Å². The van der Waals surface area contributed by atoms with Gasteiger partial charge in [0.2, 0.25) is 10.0 Å². The number of para-hydroxylation sites is 1. The molecule has 3 N–H and O–H groups in total. The lowest BCUT2D eigenvalue weighted by molar-refractivity contribution is 0.597. The van der Waals surface area contributed by atoms with Crippen molar-refractivity contribution in [1.82, 2.24) is 0 Å². The van der Waals surface area contributed by atoms with E-state index < -0.39 is 20.0 Å². The third kappa shape index (κ3) is 3.93. The molecule has 0 atom stereocenters. The minimum atomic E-state index is -4.00. The van der Waals surface area contributed by atoms with Gasteiger partial charge in [0.15, 0.2) is 0 Å². The second-order valence-corrected chi connectivity index (χ2v) is 8.78. The highest BCUT2D eigenvalue weighted by Crippen LogP contribution is 2.29. The minimum absolute atomic E-state index is 0.188. The lowest BCUT2D eigenvalue weighted by Gasteiger charge is -2.13. The van der Waals surface area contributed by atoms with E-state index in [0.717, 1.165) is 11.6 Å². The fourth-order valence-electron chi connectivity index (χ4n) is 2.46. The van der Waals surface area contributed by atoms with Crippen LogP contribution in [-0.4, -0.2) is 16.8 Å². The molecule has 3 aromatic rings. The van der Waals surface area contributed by atoms with E-state index in [2.05, 4.69) is 4.72 Å². The largest absolute Gasteiger partial charge is 0.279 e. The van der Waals surface area contributed by atoms with Gasteiger partial charge in [-0.1, -0.05) is 54.6 Å². The summed E-state index contributed by atoms with van der Waals surface area (Å²) in [6.45, 7) is 0. The minimum Gasteiger partial charge on any atom is -0.279 e. The number of benzene rings is 3. The third-order valence-corrected chi connectivity index (χ3v) is 5.97. The van der Waals surface area contributed by atoms with Crippen LogP contribution < -0.4 is 9.86 Å². The maximum atomic E-state index is 12.7. The van der Waals surface area contributed by atoms with Gasteiger partial charge < -0.3 is 0 Å². The van der Waals surface area contributed by atoms with Crippen LogP contribution in [-0.2, 0) is 20.0 Å². The molecule has 0 radical (unpaired) electrons. The number of primary sulfonamides is 1. The van der Waals surface area contributed by atoms with Crippen LogP contribution in [0, 0.1) is 0 Å². The summed E-state index contributed by atoms with van der Waals surface area (Å²) in [6.07, 6.45) is 0. The van der Waals surface area contributed by atoms with Crippen LogP contribution in [0.15, 0.2) is 88.7 Å². The summed E-state index contributed by atoms with van der Waals surface area (Å²) in [6, 6.07) is 21.2. The average Bonchev–Trinajstić information content (AvgIpc) is 2.62. The summed E-state index contributed by atoms with van der Waals surface area (Å²) in [5.74, 6) is 0. The first kappa shape index (κ1) is 18.1. The van der Waals surface area contributed by atoms with Crippen molar-refractivity contribution in [3.63, 3.8) is 0 Å². The van der Waals surface area contributed by atoms with Crippen LogP contribution in [0.2, 0.25) is 0 Å². The Kier molecular flexibility index (Phi) is 4.82. The predicted octanol–water partition coefficient (Wildman–Crippen LogP) is 2.80. The Morgan fingerprint density at radius 2 is 1.31 bits per heavy atom. The van der Waals surface area contributed by atoms with Gasteiger partial charge >= 0.3 is 0 Å². The number of anilines is 1. The molecule has 0 aliphatic rings. The first-order valence-corrected chi connectivity index (χ1v) is 10.6. The van der Waals surface area contributed by atoms with Crippen molar-refractivity contribution >= 4 is 25.7 Å². The van der Waals surface area contributed by atoms with Crippen molar-refractivity contribution < 1.29 is 16.8 Å². The Morgan fingerprint density at radius 1 is 0.692 bits per heavy atom. The highest BCUT2D eigenvalue weighted by molar-refractivity contribution is 7.93. The van der Waals surface area contributed by atoms with Gasteiger partial charge in [0.1, 0.15) is 0 Å². The molecular formula is C18H16N2O4S2. The van der Waals surface area contributed by atoms with Crippen LogP contribution in [0.5, 0.6) is 0 Å². The molecule has 0 fully saturated rings. The standard InChI is InChI=1S/C18H16N2O4S2/c19-25(21,22)15-9-6-10-16(13-15)26(23,24)20-18-12-5-4-11-17(18)14-7-2-1-3-8-14/h1-13,20H,(H2,19,21,22). The Hall–Kier alpha value is -2.68. The van der Waals surface area contributed by atoms with Crippen molar-refractivity contribution in [2.45, 2.75) is 9.79 Å².